The van der Waals surface area contributed by atoms with Crippen molar-refractivity contribution in [2.75, 3.05) is 24.9 Å². The van der Waals surface area contributed by atoms with Crippen molar-refractivity contribution in [2.24, 2.45) is 12.8 Å². The van der Waals surface area contributed by atoms with Crippen molar-refractivity contribution in [3.05, 3.63) is 54.6 Å². The van der Waals surface area contributed by atoms with Crippen LogP contribution >= 0.6 is 0 Å². The van der Waals surface area contributed by atoms with E-state index >= 15 is 0 Å². The maximum atomic E-state index is 12.0. The van der Waals surface area contributed by atoms with E-state index in [4.69, 9.17) is 15.2 Å². The molecule has 0 radical (unpaired) electrons. The molecule has 3 aromatic heterocycles. The Morgan fingerprint density at radius 3 is 2.52 bits per heavy atom. The molecule has 4 rings (SSSR count). The summed E-state index contributed by atoms with van der Waals surface area (Å²) in [6.07, 6.45) is 4.51. The van der Waals surface area contributed by atoms with Crippen LogP contribution in [-0.2, 0) is 7.05 Å². The molecule has 1 amide bonds. The molecular formula is C21H21N9O3. The molecule has 3 heterocycles. The molecule has 0 saturated heterocycles. The average Bonchev–Trinajstić information content (AvgIpc) is 3.25. The van der Waals surface area contributed by atoms with Gasteiger partial charge in [-0.15, -0.1) is 0 Å². The second-order valence-electron chi connectivity index (χ2n) is 6.79. The highest BCUT2D eigenvalue weighted by molar-refractivity contribution is 5.98. The van der Waals surface area contributed by atoms with Crippen LogP contribution < -0.4 is 25.8 Å². The number of aromatic nitrogens is 6. The van der Waals surface area contributed by atoms with Crippen molar-refractivity contribution in [3.8, 4) is 23.0 Å². The first-order chi connectivity index (χ1) is 16.0. The molecule has 12 heteroatoms. The van der Waals surface area contributed by atoms with Crippen LogP contribution in [0.4, 0.5) is 23.1 Å². The molecular weight excluding hydrogens is 426 g/mol. The van der Waals surface area contributed by atoms with Crippen molar-refractivity contribution in [2.45, 2.75) is 0 Å². The van der Waals surface area contributed by atoms with E-state index in [1.807, 2.05) is 12.1 Å². The van der Waals surface area contributed by atoms with E-state index in [1.54, 1.807) is 42.5 Å². The van der Waals surface area contributed by atoms with E-state index in [-0.39, 0.29) is 17.3 Å². The molecule has 12 nitrogen and oxygen atoms in total. The summed E-state index contributed by atoms with van der Waals surface area (Å²) in [4.78, 5) is 29.0. The number of ether oxygens (including phenoxy) is 2. The molecule has 33 heavy (non-hydrogen) atoms. The Morgan fingerprint density at radius 2 is 1.88 bits per heavy atom. The average molecular weight is 447 g/mol. The van der Waals surface area contributed by atoms with Gasteiger partial charge in [-0.25, -0.2) is 15.0 Å². The van der Waals surface area contributed by atoms with E-state index in [1.165, 1.54) is 20.4 Å². The van der Waals surface area contributed by atoms with Gasteiger partial charge in [0, 0.05) is 19.3 Å². The molecule has 0 aliphatic carbocycles. The highest BCUT2D eigenvalue weighted by Gasteiger charge is 2.18. The van der Waals surface area contributed by atoms with Gasteiger partial charge in [0.25, 0.3) is 5.91 Å². The minimum Gasteiger partial charge on any atom is -0.494 e. The lowest BCUT2D eigenvalue weighted by atomic mass is 10.1. The summed E-state index contributed by atoms with van der Waals surface area (Å²) >= 11 is 0. The van der Waals surface area contributed by atoms with Crippen LogP contribution in [0, 0.1) is 0 Å². The first-order valence-corrected chi connectivity index (χ1v) is 9.72. The molecule has 0 atom stereocenters. The van der Waals surface area contributed by atoms with Gasteiger partial charge in [-0.3, -0.25) is 9.48 Å². The zero-order valence-electron chi connectivity index (χ0n) is 18.1. The van der Waals surface area contributed by atoms with E-state index in [9.17, 15) is 4.79 Å². The number of nitrogens with zero attached hydrogens (tertiary/aromatic N) is 6. The standard InChI is InChI=1S/C21H21N9O3/c1-30-11-25-19(29-30)13-5-4-6-15(17(13)33-3)27-20-14(18(22)31)10-24-21(28-20)26-12-7-8-16(32-2)23-9-12/h4-11H,1-3H3,(H2,22,31)(H2,24,26,27,28). The number of anilines is 4. The Morgan fingerprint density at radius 1 is 1.03 bits per heavy atom. The third kappa shape index (κ3) is 4.63. The van der Waals surface area contributed by atoms with E-state index in [0.29, 0.717) is 34.4 Å². The van der Waals surface area contributed by atoms with E-state index < -0.39 is 5.91 Å². The molecule has 1 aromatic carbocycles. The van der Waals surface area contributed by atoms with Crippen molar-refractivity contribution in [3.63, 3.8) is 0 Å². The predicted octanol–water partition coefficient (Wildman–Crippen LogP) is 2.27. The number of carbonyl (C=O) groups excluding carboxylic acids is 1. The zero-order valence-corrected chi connectivity index (χ0v) is 18.1. The lowest BCUT2D eigenvalue weighted by Crippen LogP contribution is -2.16. The number of rotatable bonds is 8. The number of amides is 1. The van der Waals surface area contributed by atoms with Gasteiger partial charge in [-0.2, -0.15) is 10.1 Å². The fraction of sp³-hybridized carbons (Fsp3) is 0.143. The first-order valence-electron chi connectivity index (χ1n) is 9.72. The minimum absolute atomic E-state index is 0.108. The second-order valence-corrected chi connectivity index (χ2v) is 6.79. The zero-order chi connectivity index (χ0) is 23.4. The third-order valence-corrected chi connectivity index (χ3v) is 4.57. The van der Waals surface area contributed by atoms with Crippen molar-refractivity contribution >= 4 is 29.0 Å². The van der Waals surface area contributed by atoms with Gasteiger partial charge in [0.1, 0.15) is 17.7 Å². The fourth-order valence-corrected chi connectivity index (χ4v) is 3.04. The lowest BCUT2D eigenvalue weighted by molar-refractivity contribution is 0.100. The van der Waals surface area contributed by atoms with E-state index in [0.717, 1.165) is 0 Å². The number of hydrogen-bond donors (Lipinski definition) is 3. The van der Waals surface area contributed by atoms with Gasteiger partial charge in [0.05, 0.1) is 37.4 Å². The van der Waals surface area contributed by atoms with Crippen molar-refractivity contribution in [1.82, 2.24) is 29.7 Å². The molecule has 0 aliphatic rings. The van der Waals surface area contributed by atoms with Crippen LogP contribution in [0.1, 0.15) is 10.4 Å². The number of pyridine rings is 1. The molecule has 0 saturated carbocycles. The molecule has 0 unspecified atom stereocenters. The number of para-hydroxylation sites is 1. The van der Waals surface area contributed by atoms with Gasteiger partial charge in [0.2, 0.25) is 11.8 Å². The van der Waals surface area contributed by atoms with Crippen LogP contribution in [0.2, 0.25) is 0 Å². The number of benzene rings is 1. The summed E-state index contributed by atoms with van der Waals surface area (Å²) in [5, 5.41) is 10.5. The SMILES string of the molecule is COc1ccc(Nc2ncc(C(N)=O)c(Nc3cccc(-c4ncn(C)n4)c3OC)n2)cn1. The number of nitrogens with two attached hydrogens (primary N) is 1. The highest BCUT2D eigenvalue weighted by Crippen LogP contribution is 2.36. The number of primary amides is 1. The number of hydrogen-bond acceptors (Lipinski definition) is 10. The highest BCUT2D eigenvalue weighted by atomic mass is 16.5. The Bertz CT molecular complexity index is 1290. The second kappa shape index (κ2) is 9.18. The van der Waals surface area contributed by atoms with Gasteiger partial charge in [0.15, 0.2) is 11.6 Å². The number of nitrogens with one attached hydrogen (secondary N) is 2. The fourth-order valence-electron chi connectivity index (χ4n) is 3.04. The van der Waals surface area contributed by atoms with Crippen molar-refractivity contribution < 1.29 is 14.3 Å². The first kappa shape index (κ1) is 21.5. The van der Waals surface area contributed by atoms with Crippen LogP contribution in [0.15, 0.2) is 49.1 Å². The van der Waals surface area contributed by atoms with E-state index in [2.05, 4.69) is 35.7 Å². The summed E-state index contributed by atoms with van der Waals surface area (Å²) < 4.78 is 12.3. The Balaban J connectivity index is 1.69. The molecule has 4 aromatic rings. The smallest absolute Gasteiger partial charge is 0.254 e. The third-order valence-electron chi connectivity index (χ3n) is 4.57. The summed E-state index contributed by atoms with van der Waals surface area (Å²) in [6.45, 7) is 0. The Hall–Kier alpha value is -4.74. The maximum absolute atomic E-state index is 12.0. The molecule has 168 valence electrons. The maximum Gasteiger partial charge on any atom is 0.254 e. The number of carbonyl (C=O) groups is 1. The molecule has 0 spiro atoms. The van der Waals surface area contributed by atoms with Crippen LogP contribution in [0.5, 0.6) is 11.6 Å². The summed E-state index contributed by atoms with van der Waals surface area (Å²) in [7, 11) is 4.84. The van der Waals surface area contributed by atoms with Gasteiger partial charge in [-0.1, -0.05) is 6.07 Å². The monoisotopic (exact) mass is 447 g/mol. The summed E-state index contributed by atoms with van der Waals surface area (Å²) in [5.41, 5.74) is 7.49. The normalized spacial score (nSPS) is 10.5. The van der Waals surface area contributed by atoms with Crippen LogP contribution in [-0.4, -0.2) is 49.8 Å². The predicted molar refractivity (Wildman–Crippen MR) is 121 cm³/mol. The van der Waals surface area contributed by atoms with Crippen molar-refractivity contribution in [1.29, 1.82) is 0 Å². The molecule has 0 aliphatic heterocycles. The topological polar surface area (TPSA) is 155 Å². The van der Waals surface area contributed by atoms with Crippen LogP contribution in [0.25, 0.3) is 11.4 Å². The molecule has 0 fully saturated rings. The van der Waals surface area contributed by atoms with Crippen LogP contribution in [0.3, 0.4) is 0 Å². The largest absolute Gasteiger partial charge is 0.494 e. The molecule has 0 bridgehead atoms. The summed E-state index contributed by atoms with van der Waals surface area (Å²) in [6, 6.07) is 8.87. The minimum atomic E-state index is -0.684. The van der Waals surface area contributed by atoms with Gasteiger partial charge < -0.3 is 25.8 Å². The molecule has 4 N–H and O–H groups in total. The summed E-state index contributed by atoms with van der Waals surface area (Å²) in [5.74, 6) is 1.19. The van der Waals surface area contributed by atoms with Gasteiger partial charge in [-0.05, 0) is 18.2 Å². The Kier molecular flexibility index (Phi) is 5.98. The lowest BCUT2D eigenvalue weighted by Gasteiger charge is -2.15. The quantitative estimate of drug-likeness (QED) is 0.366. The Labute approximate surface area is 188 Å². The number of aryl methyl sites for hydroxylation is 1. The number of methoxy groups -OCH3 is 2. The van der Waals surface area contributed by atoms with Gasteiger partial charge >= 0.3 is 0 Å².